The third-order valence-corrected chi connectivity index (χ3v) is 4.95. The van der Waals surface area contributed by atoms with E-state index in [0.29, 0.717) is 11.5 Å². The van der Waals surface area contributed by atoms with E-state index in [1.54, 1.807) is 26.0 Å². The second-order valence-corrected chi connectivity index (χ2v) is 6.50. The van der Waals surface area contributed by atoms with Crippen molar-refractivity contribution in [3.8, 4) is 11.5 Å². The van der Waals surface area contributed by atoms with Gasteiger partial charge in [-0.1, -0.05) is 23.9 Å². The molecule has 0 saturated heterocycles. The van der Waals surface area contributed by atoms with E-state index in [2.05, 4.69) is 15.0 Å². The summed E-state index contributed by atoms with van der Waals surface area (Å²) in [6.07, 6.45) is 1.82. The summed E-state index contributed by atoms with van der Waals surface area (Å²) in [5.41, 5.74) is 3.01. The monoisotopic (exact) mass is 351 g/mol. The molecule has 126 valence electrons. The summed E-state index contributed by atoms with van der Waals surface area (Å²) in [5, 5.41) is 3.03. The molecule has 0 radical (unpaired) electrons. The molecule has 0 bridgehead atoms. The van der Waals surface area contributed by atoms with Crippen LogP contribution in [0, 0.1) is 0 Å². The van der Waals surface area contributed by atoms with Crippen LogP contribution in [0.1, 0.15) is 5.69 Å². The van der Waals surface area contributed by atoms with Crippen LogP contribution < -0.4 is 9.47 Å². The van der Waals surface area contributed by atoms with Gasteiger partial charge >= 0.3 is 0 Å². The number of aromatic amines is 1. The van der Waals surface area contributed by atoms with Gasteiger partial charge in [-0.05, 0) is 35.7 Å². The van der Waals surface area contributed by atoms with Crippen LogP contribution in [-0.4, -0.2) is 29.2 Å². The summed E-state index contributed by atoms with van der Waals surface area (Å²) in [7, 11) is 3.28. The molecule has 0 amide bonds. The largest absolute Gasteiger partial charge is 0.493 e. The Kier molecular flexibility index (Phi) is 4.19. The van der Waals surface area contributed by atoms with Gasteiger partial charge < -0.3 is 14.5 Å². The first-order valence-corrected chi connectivity index (χ1v) is 8.84. The zero-order valence-electron chi connectivity index (χ0n) is 13.9. The average molecular weight is 351 g/mol. The Morgan fingerprint density at radius 3 is 2.64 bits per heavy atom. The number of aromatic nitrogens is 3. The normalized spacial score (nSPS) is 11.1. The van der Waals surface area contributed by atoms with Gasteiger partial charge in [0.1, 0.15) is 0 Å². The summed E-state index contributed by atoms with van der Waals surface area (Å²) in [6.45, 7) is 0. The smallest absolute Gasteiger partial charge is 0.166 e. The van der Waals surface area contributed by atoms with Crippen LogP contribution in [0.15, 0.2) is 53.8 Å². The van der Waals surface area contributed by atoms with E-state index in [4.69, 9.17) is 9.47 Å². The molecule has 2 aromatic carbocycles. The van der Waals surface area contributed by atoms with Gasteiger partial charge in [-0.25, -0.2) is 4.98 Å². The molecule has 0 atom stereocenters. The van der Waals surface area contributed by atoms with Crippen molar-refractivity contribution in [3.05, 3.63) is 54.4 Å². The highest BCUT2D eigenvalue weighted by Gasteiger charge is 2.11. The Bertz CT molecular complexity index is 1010. The lowest BCUT2D eigenvalue weighted by Crippen LogP contribution is -1.94. The maximum absolute atomic E-state index is 5.42. The maximum atomic E-state index is 5.42. The highest BCUT2D eigenvalue weighted by molar-refractivity contribution is 7.98. The number of benzene rings is 2. The van der Waals surface area contributed by atoms with Gasteiger partial charge in [0.2, 0.25) is 0 Å². The number of ether oxygens (including phenoxy) is 2. The van der Waals surface area contributed by atoms with E-state index in [0.717, 1.165) is 38.4 Å². The van der Waals surface area contributed by atoms with Gasteiger partial charge in [0.15, 0.2) is 16.7 Å². The Morgan fingerprint density at radius 1 is 1.04 bits per heavy atom. The van der Waals surface area contributed by atoms with Gasteiger partial charge in [0.05, 0.1) is 30.9 Å². The van der Waals surface area contributed by atoms with Crippen LogP contribution >= 0.6 is 11.8 Å². The van der Waals surface area contributed by atoms with E-state index < -0.39 is 0 Å². The van der Waals surface area contributed by atoms with Gasteiger partial charge in [-0.15, -0.1) is 0 Å². The summed E-state index contributed by atoms with van der Waals surface area (Å²) in [4.78, 5) is 12.5. The minimum atomic E-state index is 0.706. The number of methoxy groups -OCH3 is 2. The Labute approximate surface area is 149 Å². The van der Waals surface area contributed by atoms with Crippen molar-refractivity contribution in [1.82, 2.24) is 15.0 Å². The molecule has 0 fully saturated rings. The number of imidazole rings is 1. The van der Waals surface area contributed by atoms with Crippen LogP contribution in [0.25, 0.3) is 21.8 Å². The molecule has 0 spiro atoms. The van der Waals surface area contributed by atoms with Gasteiger partial charge in [0, 0.05) is 17.3 Å². The van der Waals surface area contributed by atoms with Crippen LogP contribution in [-0.2, 0) is 5.75 Å². The number of thioether (sulfide) groups is 1. The third-order valence-electron chi connectivity index (χ3n) is 4.06. The number of hydrogen-bond acceptors (Lipinski definition) is 5. The zero-order valence-corrected chi connectivity index (χ0v) is 14.8. The number of nitrogens with one attached hydrogen (secondary N) is 1. The van der Waals surface area contributed by atoms with Crippen molar-refractivity contribution < 1.29 is 9.47 Å². The fourth-order valence-electron chi connectivity index (χ4n) is 2.81. The standard InChI is InChI=1S/C19H17N3O2S/c1-23-17-9-12-7-8-20-16(13(12)10-18(17)24-2)11-25-19-21-14-5-3-4-6-15(14)22-19/h3-10H,11H2,1-2H3,(H,21,22). The van der Waals surface area contributed by atoms with Crippen molar-refractivity contribution in [1.29, 1.82) is 0 Å². The number of nitrogens with zero attached hydrogens (tertiary/aromatic N) is 2. The molecule has 1 N–H and O–H groups in total. The average Bonchev–Trinajstić information content (AvgIpc) is 3.08. The lowest BCUT2D eigenvalue weighted by atomic mass is 10.1. The topological polar surface area (TPSA) is 60.0 Å². The predicted molar refractivity (Wildman–Crippen MR) is 101 cm³/mol. The minimum absolute atomic E-state index is 0.706. The van der Waals surface area contributed by atoms with Crippen molar-refractivity contribution in [2.75, 3.05) is 14.2 Å². The molecule has 0 unspecified atom stereocenters. The van der Waals surface area contributed by atoms with Crippen LogP contribution in [0.5, 0.6) is 11.5 Å². The molecule has 0 aliphatic rings. The zero-order chi connectivity index (χ0) is 17.2. The molecule has 4 aromatic rings. The Morgan fingerprint density at radius 2 is 1.84 bits per heavy atom. The molecule has 2 heterocycles. The molecule has 4 rings (SSSR count). The van der Waals surface area contributed by atoms with E-state index in [9.17, 15) is 0 Å². The van der Waals surface area contributed by atoms with Crippen molar-refractivity contribution >= 4 is 33.6 Å². The fourth-order valence-corrected chi connectivity index (χ4v) is 3.66. The fraction of sp³-hybridized carbons (Fsp3) is 0.158. The molecule has 0 aliphatic heterocycles. The lowest BCUT2D eigenvalue weighted by molar-refractivity contribution is 0.356. The highest BCUT2D eigenvalue weighted by Crippen LogP contribution is 2.34. The SMILES string of the molecule is COc1cc2ccnc(CSc3nc4ccccc4[nH]3)c2cc1OC. The molecule has 5 nitrogen and oxygen atoms in total. The summed E-state index contributed by atoms with van der Waals surface area (Å²) in [5.74, 6) is 2.14. The summed E-state index contributed by atoms with van der Waals surface area (Å²) < 4.78 is 10.8. The Hall–Kier alpha value is -2.73. The summed E-state index contributed by atoms with van der Waals surface area (Å²) in [6, 6.07) is 14.0. The number of para-hydroxylation sites is 2. The second kappa shape index (κ2) is 6.64. The highest BCUT2D eigenvalue weighted by atomic mass is 32.2. The number of pyridine rings is 1. The van der Waals surface area contributed by atoms with Gasteiger partial charge in [-0.3, -0.25) is 4.98 Å². The quantitative estimate of drug-likeness (QED) is 0.539. The van der Waals surface area contributed by atoms with Gasteiger partial charge in [-0.2, -0.15) is 0 Å². The van der Waals surface area contributed by atoms with E-state index in [1.807, 2.05) is 48.7 Å². The van der Waals surface area contributed by atoms with Crippen LogP contribution in [0.4, 0.5) is 0 Å². The second-order valence-electron chi connectivity index (χ2n) is 5.53. The van der Waals surface area contributed by atoms with Crippen LogP contribution in [0.2, 0.25) is 0 Å². The molecular formula is C19H17N3O2S. The molecule has 2 aromatic heterocycles. The van der Waals surface area contributed by atoms with E-state index >= 15 is 0 Å². The van der Waals surface area contributed by atoms with Gasteiger partial charge in [0.25, 0.3) is 0 Å². The Balaban J connectivity index is 1.66. The van der Waals surface area contributed by atoms with Crippen molar-refractivity contribution in [2.24, 2.45) is 0 Å². The first-order valence-electron chi connectivity index (χ1n) is 7.85. The first-order chi connectivity index (χ1) is 12.3. The predicted octanol–water partition coefficient (Wildman–Crippen LogP) is 4.42. The molecule has 25 heavy (non-hydrogen) atoms. The van der Waals surface area contributed by atoms with Crippen LogP contribution in [0.3, 0.4) is 0 Å². The minimum Gasteiger partial charge on any atom is -0.493 e. The number of hydrogen-bond donors (Lipinski definition) is 1. The maximum Gasteiger partial charge on any atom is 0.166 e. The number of H-pyrrole nitrogens is 1. The number of rotatable bonds is 5. The lowest BCUT2D eigenvalue weighted by Gasteiger charge is -2.11. The third kappa shape index (κ3) is 3.00. The number of fused-ring (bicyclic) bond motifs is 2. The molecule has 6 heteroatoms. The van der Waals surface area contributed by atoms with Crippen molar-refractivity contribution in [2.45, 2.75) is 10.9 Å². The summed E-state index contributed by atoms with van der Waals surface area (Å²) >= 11 is 1.64. The first kappa shape index (κ1) is 15.8. The molecule has 0 saturated carbocycles. The van der Waals surface area contributed by atoms with E-state index in [-0.39, 0.29) is 0 Å². The molecule has 0 aliphatic carbocycles. The van der Waals surface area contributed by atoms with Crippen molar-refractivity contribution in [3.63, 3.8) is 0 Å². The van der Waals surface area contributed by atoms with E-state index in [1.165, 1.54) is 0 Å². The molecular weight excluding hydrogens is 334 g/mol.